The molecule has 0 saturated carbocycles. The first-order valence-electron chi connectivity index (χ1n) is 11.9. The van der Waals surface area contributed by atoms with Gasteiger partial charge in [0.2, 0.25) is 5.91 Å². The summed E-state index contributed by atoms with van der Waals surface area (Å²) >= 11 is 1.73. The van der Waals surface area contributed by atoms with Crippen LogP contribution in [0.5, 0.6) is 0 Å². The van der Waals surface area contributed by atoms with Crippen molar-refractivity contribution in [3.8, 4) is 11.3 Å². The van der Waals surface area contributed by atoms with E-state index in [1.54, 1.807) is 17.5 Å². The minimum atomic E-state index is -0.126. The van der Waals surface area contributed by atoms with Gasteiger partial charge in [-0.2, -0.15) is 5.10 Å². The third-order valence-electron chi connectivity index (χ3n) is 6.18. The SMILES string of the molecule is Cc1cc(-c2cc(C(=O)NCCCN3CCCCCC3=O)c3cnn(C(C)C)c3n2)c(C)s1. The van der Waals surface area contributed by atoms with Gasteiger partial charge in [-0.05, 0) is 59.1 Å². The Hall–Kier alpha value is -2.74. The number of likely N-dealkylation sites (tertiary alicyclic amines) is 1. The van der Waals surface area contributed by atoms with Crippen molar-refractivity contribution in [3.63, 3.8) is 0 Å². The van der Waals surface area contributed by atoms with E-state index in [0.29, 0.717) is 25.1 Å². The van der Waals surface area contributed by atoms with E-state index < -0.39 is 0 Å². The molecule has 1 N–H and O–H groups in total. The maximum atomic E-state index is 13.2. The van der Waals surface area contributed by atoms with Gasteiger partial charge >= 0.3 is 0 Å². The quantitative estimate of drug-likeness (QED) is 0.502. The third-order valence-corrected chi connectivity index (χ3v) is 7.15. The fourth-order valence-electron chi connectivity index (χ4n) is 4.45. The molecule has 176 valence electrons. The van der Waals surface area contributed by atoms with Crippen LogP contribution in [0.4, 0.5) is 0 Å². The van der Waals surface area contributed by atoms with Crippen molar-refractivity contribution in [2.75, 3.05) is 19.6 Å². The molecule has 0 bridgehead atoms. The van der Waals surface area contributed by atoms with Crippen LogP contribution in [0.3, 0.4) is 0 Å². The molecule has 33 heavy (non-hydrogen) atoms. The summed E-state index contributed by atoms with van der Waals surface area (Å²) < 4.78 is 1.87. The number of nitrogens with zero attached hydrogens (tertiary/aromatic N) is 4. The molecule has 0 aliphatic carbocycles. The molecule has 4 heterocycles. The second-order valence-electron chi connectivity index (χ2n) is 9.10. The molecule has 0 atom stereocenters. The zero-order valence-electron chi connectivity index (χ0n) is 20.0. The molecular weight excluding hydrogens is 434 g/mol. The van der Waals surface area contributed by atoms with Crippen molar-refractivity contribution in [1.29, 1.82) is 0 Å². The van der Waals surface area contributed by atoms with Crippen LogP contribution in [-0.2, 0) is 4.79 Å². The van der Waals surface area contributed by atoms with E-state index in [4.69, 9.17) is 4.98 Å². The topological polar surface area (TPSA) is 80.1 Å². The molecule has 0 aromatic carbocycles. The Labute approximate surface area is 199 Å². The van der Waals surface area contributed by atoms with Crippen LogP contribution in [0.15, 0.2) is 18.3 Å². The molecule has 2 amide bonds. The summed E-state index contributed by atoms with van der Waals surface area (Å²) in [5.74, 6) is 0.112. The summed E-state index contributed by atoms with van der Waals surface area (Å²) in [5.41, 5.74) is 3.18. The zero-order valence-corrected chi connectivity index (χ0v) is 20.8. The molecule has 3 aromatic rings. The number of amides is 2. The van der Waals surface area contributed by atoms with Crippen molar-refractivity contribution >= 4 is 34.2 Å². The number of thiophene rings is 1. The highest BCUT2D eigenvalue weighted by Gasteiger charge is 2.20. The molecule has 1 saturated heterocycles. The lowest BCUT2D eigenvalue weighted by molar-refractivity contribution is -0.130. The van der Waals surface area contributed by atoms with Crippen molar-refractivity contribution in [3.05, 3.63) is 33.6 Å². The first kappa shape index (κ1) is 23.4. The highest BCUT2D eigenvalue weighted by molar-refractivity contribution is 7.12. The Morgan fingerprint density at radius 2 is 2.03 bits per heavy atom. The smallest absolute Gasteiger partial charge is 0.252 e. The van der Waals surface area contributed by atoms with Gasteiger partial charge in [0.15, 0.2) is 5.65 Å². The number of pyridine rings is 1. The number of fused-ring (bicyclic) bond motifs is 1. The van der Waals surface area contributed by atoms with Crippen molar-refractivity contribution in [2.24, 2.45) is 0 Å². The van der Waals surface area contributed by atoms with E-state index in [2.05, 4.69) is 44.2 Å². The molecule has 3 aromatic heterocycles. The number of aromatic nitrogens is 3. The maximum absolute atomic E-state index is 13.2. The average molecular weight is 468 g/mol. The zero-order chi connectivity index (χ0) is 23.5. The molecule has 8 heteroatoms. The molecule has 1 fully saturated rings. The second kappa shape index (κ2) is 10.0. The predicted molar refractivity (Wildman–Crippen MR) is 133 cm³/mol. The molecule has 4 rings (SSSR count). The lowest BCUT2D eigenvalue weighted by Gasteiger charge is -2.20. The number of nitrogens with one attached hydrogen (secondary N) is 1. The van der Waals surface area contributed by atoms with Gasteiger partial charge < -0.3 is 10.2 Å². The molecule has 1 aliphatic heterocycles. The minimum Gasteiger partial charge on any atom is -0.352 e. The molecular formula is C25H33N5O2S. The highest BCUT2D eigenvalue weighted by atomic mass is 32.1. The van der Waals surface area contributed by atoms with E-state index in [0.717, 1.165) is 54.5 Å². The van der Waals surface area contributed by atoms with E-state index in [1.165, 1.54) is 9.75 Å². The first-order valence-corrected chi connectivity index (χ1v) is 12.7. The molecule has 1 aliphatic rings. The van der Waals surface area contributed by atoms with Gasteiger partial charge in [-0.3, -0.25) is 9.59 Å². The minimum absolute atomic E-state index is 0.126. The van der Waals surface area contributed by atoms with E-state index >= 15 is 0 Å². The van der Waals surface area contributed by atoms with Crippen molar-refractivity contribution in [1.82, 2.24) is 25.0 Å². The number of carbonyl (C=O) groups excluding carboxylic acids is 2. The average Bonchev–Trinajstić information content (AvgIpc) is 3.29. The number of carbonyl (C=O) groups is 2. The summed E-state index contributed by atoms with van der Waals surface area (Å²) in [7, 11) is 0. The summed E-state index contributed by atoms with van der Waals surface area (Å²) in [4.78, 5) is 34.7. The van der Waals surface area contributed by atoms with Crippen LogP contribution in [0.25, 0.3) is 22.3 Å². The number of aryl methyl sites for hydroxylation is 2. The predicted octanol–water partition coefficient (Wildman–Crippen LogP) is 4.88. The highest BCUT2D eigenvalue weighted by Crippen LogP contribution is 2.32. The normalized spacial score (nSPS) is 14.8. The van der Waals surface area contributed by atoms with Crippen molar-refractivity contribution < 1.29 is 9.59 Å². The van der Waals surface area contributed by atoms with Gasteiger partial charge in [0.1, 0.15) is 0 Å². The summed E-state index contributed by atoms with van der Waals surface area (Å²) in [6, 6.07) is 4.15. The van der Waals surface area contributed by atoms with Crippen LogP contribution >= 0.6 is 11.3 Å². The van der Waals surface area contributed by atoms with Crippen LogP contribution in [0, 0.1) is 13.8 Å². The largest absolute Gasteiger partial charge is 0.352 e. The standard InChI is InChI=1S/C25H33N5O2S/c1-16(2)30-24-21(15-27-30)20(14-22(28-24)19-13-17(3)33-18(19)4)25(32)26-10-8-12-29-11-7-5-6-9-23(29)31/h13-16H,5-12H2,1-4H3,(H,26,32). The first-order chi connectivity index (χ1) is 15.8. The monoisotopic (exact) mass is 467 g/mol. The summed E-state index contributed by atoms with van der Waals surface area (Å²) in [6.45, 7) is 10.3. The fourth-order valence-corrected chi connectivity index (χ4v) is 5.38. The van der Waals surface area contributed by atoms with Gasteiger partial charge in [-0.15, -0.1) is 11.3 Å². The van der Waals surface area contributed by atoms with Crippen LogP contribution in [-0.4, -0.2) is 51.1 Å². The Kier molecular flexibility index (Phi) is 7.12. The Bertz CT molecular complexity index is 1160. The Balaban J connectivity index is 1.55. The van der Waals surface area contributed by atoms with E-state index in [9.17, 15) is 9.59 Å². The van der Waals surface area contributed by atoms with Crippen LogP contribution < -0.4 is 5.32 Å². The van der Waals surface area contributed by atoms with Gasteiger partial charge in [0, 0.05) is 47.4 Å². The van der Waals surface area contributed by atoms with Crippen LogP contribution in [0.1, 0.15) is 72.1 Å². The Morgan fingerprint density at radius 1 is 1.21 bits per heavy atom. The molecule has 0 unspecified atom stereocenters. The second-order valence-corrected chi connectivity index (χ2v) is 10.6. The molecule has 0 spiro atoms. The third kappa shape index (κ3) is 5.11. The molecule has 0 radical (unpaired) electrons. The number of hydrogen-bond donors (Lipinski definition) is 1. The summed E-state index contributed by atoms with van der Waals surface area (Å²) in [5, 5.41) is 8.33. The lowest BCUT2D eigenvalue weighted by atomic mass is 10.1. The van der Waals surface area contributed by atoms with Crippen molar-refractivity contribution in [2.45, 2.75) is 65.8 Å². The molecule has 7 nitrogen and oxygen atoms in total. The Morgan fingerprint density at radius 3 is 2.76 bits per heavy atom. The van der Waals surface area contributed by atoms with Gasteiger partial charge in [-0.25, -0.2) is 9.67 Å². The van der Waals surface area contributed by atoms with Gasteiger partial charge in [0.05, 0.1) is 22.8 Å². The number of hydrogen-bond acceptors (Lipinski definition) is 5. The lowest BCUT2D eigenvalue weighted by Crippen LogP contribution is -2.34. The van der Waals surface area contributed by atoms with E-state index in [1.807, 2.05) is 15.6 Å². The van der Waals surface area contributed by atoms with Crippen LogP contribution in [0.2, 0.25) is 0 Å². The maximum Gasteiger partial charge on any atom is 0.252 e. The number of rotatable bonds is 7. The van der Waals surface area contributed by atoms with Gasteiger partial charge in [0.25, 0.3) is 5.91 Å². The van der Waals surface area contributed by atoms with Gasteiger partial charge in [-0.1, -0.05) is 6.42 Å². The summed E-state index contributed by atoms with van der Waals surface area (Å²) in [6.07, 6.45) is 6.30. The fraction of sp³-hybridized carbons (Fsp3) is 0.520. The van der Waals surface area contributed by atoms with E-state index in [-0.39, 0.29) is 17.9 Å².